The Hall–Kier alpha value is -2.07. The fourth-order valence-corrected chi connectivity index (χ4v) is 2.94. The van der Waals surface area contributed by atoms with Crippen molar-refractivity contribution in [2.75, 3.05) is 6.54 Å². The third kappa shape index (κ3) is 3.00. The van der Waals surface area contributed by atoms with E-state index in [1.165, 1.54) is 0 Å². The monoisotopic (exact) mass is 285 g/mol. The minimum absolute atomic E-state index is 0.348. The first-order valence-corrected chi connectivity index (χ1v) is 7.26. The van der Waals surface area contributed by atoms with Crippen molar-refractivity contribution in [3.05, 3.63) is 47.7 Å². The molecule has 110 valence electrons. The first kappa shape index (κ1) is 13.9. The summed E-state index contributed by atoms with van der Waals surface area (Å²) in [5.41, 5.74) is 2.15. The van der Waals surface area contributed by atoms with E-state index in [-0.39, 0.29) is 6.04 Å². The van der Waals surface area contributed by atoms with Crippen molar-refractivity contribution in [2.45, 2.75) is 32.4 Å². The van der Waals surface area contributed by atoms with E-state index in [4.69, 9.17) is 4.42 Å². The molecule has 0 bridgehead atoms. The summed E-state index contributed by atoms with van der Waals surface area (Å²) in [6.45, 7) is 3.45. The van der Waals surface area contributed by atoms with Crippen molar-refractivity contribution in [3.8, 4) is 11.3 Å². The maximum atomic E-state index is 11.2. The highest BCUT2D eigenvalue weighted by Gasteiger charge is 2.30. The van der Waals surface area contributed by atoms with Gasteiger partial charge in [0.2, 0.25) is 0 Å². The Morgan fingerprint density at radius 2 is 2.24 bits per heavy atom. The molecule has 4 nitrogen and oxygen atoms in total. The molecule has 2 aromatic rings. The van der Waals surface area contributed by atoms with E-state index in [9.17, 15) is 9.90 Å². The molecule has 1 aliphatic rings. The van der Waals surface area contributed by atoms with Gasteiger partial charge in [-0.15, -0.1) is 0 Å². The normalized spacial score (nSPS) is 19.0. The summed E-state index contributed by atoms with van der Waals surface area (Å²) < 4.78 is 5.65. The van der Waals surface area contributed by atoms with Gasteiger partial charge >= 0.3 is 5.97 Å². The van der Waals surface area contributed by atoms with Gasteiger partial charge in [-0.05, 0) is 50.1 Å². The number of aliphatic carboxylic acids is 1. The van der Waals surface area contributed by atoms with Crippen molar-refractivity contribution in [1.29, 1.82) is 0 Å². The van der Waals surface area contributed by atoms with Gasteiger partial charge in [0.1, 0.15) is 17.6 Å². The molecule has 0 amide bonds. The molecule has 0 radical (unpaired) electrons. The first-order valence-electron chi connectivity index (χ1n) is 7.26. The second kappa shape index (κ2) is 5.74. The third-order valence-corrected chi connectivity index (χ3v) is 3.99. The van der Waals surface area contributed by atoms with Crippen LogP contribution in [0.2, 0.25) is 0 Å². The van der Waals surface area contributed by atoms with Gasteiger partial charge in [-0.2, -0.15) is 0 Å². The van der Waals surface area contributed by atoms with Crippen LogP contribution in [0.1, 0.15) is 24.2 Å². The van der Waals surface area contributed by atoms with E-state index in [0.717, 1.165) is 42.0 Å². The average molecular weight is 285 g/mol. The van der Waals surface area contributed by atoms with Crippen LogP contribution in [0.5, 0.6) is 0 Å². The molecular weight excluding hydrogens is 266 g/mol. The topological polar surface area (TPSA) is 53.7 Å². The van der Waals surface area contributed by atoms with E-state index in [0.29, 0.717) is 6.54 Å². The lowest BCUT2D eigenvalue weighted by molar-refractivity contribution is -0.142. The predicted octanol–water partition coefficient (Wildman–Crippen LogP) is 3.30. The van der Waals surface area contributed by atoms with Gasteiger partial charge in [0.15, 0.2) is 0 Å². The van der Waals surface area contributed by atoms with E-state index in [1.807, 2.05) is 42.2 Å². The molecule has 21 heavy (non-hydrogen) atoms. The Kier molecular flexibility index (Phi) is 3.80. The van der Waals surface area contributed by atoms with Gasteiger partial charge in [-0.25, -0.2) is 0 Å². The van der Waals surface area contributed by atoms with E-state index >= 15 is 0 Å². The number of furan rings is 1. The maximum Gasteiger partial charge on any atom is 0.320 e. The molecule has 1 aromatic heterocycles. The Morgan fingerprint density at radius 1 is 1.38 bits per heavy atom. The molecule has 1 saturated heterocycles. The standard InChI is InChI=1S/C17H19NO3/c1-12-7-8-16(21-12)14-5-2-4-13(10-14)11-18-9-3-6-15(18)17(19)20/h2,4-5,7-8,10,15H,3,6,9,11H2,1H3,(H,19,20)/t15-/m1/s1. The fourth-order valence-electron chi connectivity index (χ4n) is 2.94. The number of carbonyl (C=O) groups is 1. The van der Waals surface area contributed by atoms with Crippen LogP contribution in [0.25, 0.3) is 11.3 Å². The minimum Gasteiger partial charge on any atom is -0.480 e. The van der Waals surface area contributed by atoms with Crippen molar-refractivity contribution in [2.24, 2.45) is 0 Å². The van der Waals surface area contributed by atoms with Crippen LogP contribution >= 0.6 is 0 Å². The zero-order chi connectivity index (χ0) is 14.8. The highest BCUT2D eigenvalue weighted by molar-refractivity contribution is 5.73. The molecule has 3 rings (SSSR count). The summed E-state index contributed by atoms with van der Waals surface area (Å²) in [5.74, 6) is 1.02. The summed E-state index contributed by atoms with van der Waals surface area (Å²) >= 11 is 0. The Labute approximate surface area is 124 Å². The molecule has 1 fully saturated rings. The van der Waals surface area contributed by atoms with Crippen LogP contribution < -0.4 is 0 Å². The van der Waals surface area contributed by atoms with Gasteiger partial charge in [0, 0.05) is 12.1 Å². The molecule has 0 unspecified atom stereocenters. The molecule has 1 aliphatic heterocycles. The number of benzene rings is 1. The largest absolute Gasteiger partial charge is 0.480 e. The molecule has 0 aliphatic carbocycles. The molecule has 1 atom stereocenters. The summed E-state index contributed by atoms with van der Waals surface area (Å²) in [7, 11) is 0. The lowest BCUT2D eigenvalue weighted by atomic mass is 10.1. The second-order valence-electron chi connectivity index (χ2n) is 5.58. The first-order chi connectivity index (χ1) is 10.1. The SMILES string of the molecule is Cc1ccc(-c2cccc(CN3CCC[C@@H]3C(=O)O)c2)o1. The lowest BCUT2D eigenvalue weighted by Gasteiger charge is -2.21. The van der Waals surface area contributed by atoms with Crippen LogP contribution in [-0.4, -0.2) is 28.6 Å². The van der Waals surface area contributed by atoms with E-state index in [1.54, 1.807) is 0 Å². The molecule has 1 N–H and O–H groups in total. The molecule has 0 spiro atoms. The van der Waals surface area contributed by atoms with Crippen molar-refractivity contribution < 1.29 is 14.3 Å². The number of aryl methyl sites for hydroxylation is 1. The molecule has 1 aromatic carbocycles. The molecule has 0 saturated carbocycles. The van der Waals surface area contributed by atoms with Crippen LogP contribution in [0.4, 0.5) is 0 Å². The Bertz CT molecular complexity index is 647. The molecular formula is C17H19NO3. The van der Waals surface area contributed by atoms with Crippen molar-refractivity contribution in [1.82, 2.24) is 4.90 Å². The zero-order valence-corrected chi connectivity index (χ0v) is 12.1. The lowest BCUT2D eigenvalue weighted by Crippen LogP contribution is -2.35. The number of likely N-dealkylation sites (tertiary alicyclic amines) is 1. The third-order valence-electron chi connectivity index (χ3n) is 3.99. The quantitative estimate of drug-likeness (QED) is 0.936. The maximum absolute atomic E-state index is 11.2. The number of rotatable bonds is 4. The van der Waals surface area contributed by atoms with Crippen molar-refractivity contribution >= 4 is 5.97 Å². The van der Waals surface area contributed by atoms with Gasteiger partial charge in [-0.3, -0.25) is 9.69 Å². The second-order valence-corrected chi connectivity index (χ2v) is 5.58. The highest BCUT2D eigenvalue weighted by atomic mass is 16.4. The highest BCUT2D eigenvalue weighted by Crippen LogP contribution is 2.25. The van der Waals surface area contributed by atoms with Gasteiger partial charge in [0.05, 0.1) is 0 Å². The Balaban J connectivity index is 1.79. The minimum atomic E-state index is -0.717. The van der Waals surface area contributed by atoms with E-state index in [2.05, 4.69) is 6.07 Å². The van der Waals surface area contributed by atoms with Gasteiger partial charge < -0.3 is 9.52 Å². The molecule has 4 heteroatoms. The summed E-state index contributed by atoms with van der Waals surface area (Å²) in [6.07, 6.45) is 1.69. The average Bonchev–Trinajstić information content (AvgIpc) is 3.08. The summed E-state index contributed by atoms with van der Waals surface area (Å²) in [6, 6.07) is 11.7. The smallest absolute Gasteiger partial charge is 0.320 e. The number of carboxylic acid groups (broad SMARTS) is 1. The van der Waals surface area contributed by atoms with Crippen LogP contribution in [-0.2, 0) is 11.3 Å². The van der Waals surface area contributed by atoms with Crippen LogP contribution in [0.15, 0.2) is 40.8 Å². The Morgan fingerprint density at radius 3 is 2.95 bits per heavy atom. The van der Waals surface area contributed by atoms with Gasteiger partial charge in [0.25, 0.3) is 0 Å². The zero-order valence-electron chi connectivity index (χ0n) is 12.1. The number of carboxylic acids is 1. The van der Waals surface area contributed by atoms with Crippen LogP contribution in [0.3, 0.4) is 0 Å². The number of hydrogen-bond acceptors (Lipinski definition) is 3. The molecule has 2 heterocycles. The van der Waals surface area contributed by atoms with Gasteiger partial charge in [-0.1, -0.05) is 18.2 Å². The van der Waals surface area contributed by atoms with E-state index < -0.39 is 5.97 Å². The van der Waals surface area contributed by atoms with Crippen molar-refractivity contribution in [3.63, 3.8) is 0 Å². The number of nitrogens with zero attached hydrogens (tertiary/aromatic N) is 1. The predicted molar refractivity (Wildman–Crippen MR) is 79.9 cm³/mol. The summed E-state index contributed by atoms with van der Waals surface area (Å²) in [4.78, 5) is 13.3. The summed E-state index contributed by atoms with van der Waals surface area (Å²) in [5, 5.41) is 9.24. The number of hydrogen-bond donors (Lipinski definition) is 1. The van der Waals surface area contributed by atoms with Crippen LogP contribution in [0, 0.1) is 6.92 Å². The fraction of sp³-hybridized carbons (Fsp3) is 0.353.